The van der Waals surface area contributed by atoms with Crippen LogP contribution < -0.4 is 5.32 Å². The monoisotopic (exact) mass is 414 g/mol. The largest absolute Gasteiger partial charge is 0.506 e. The predicted molar refractivity (Wildman–Crippen MR) is 111 cm³/mol. The molecule has 0 radical (unpaired) electrons. The van der Waals surface area contributed by atoms with Crippen molar-refractivity contribution in [2.45, 2.75) is 33.6 Å². The Labute approximate surface area is 161 Å². The van der Waals surface area contributed by atoms with Crippen molar-refractivity contribution < 1.29 is 5.11 Å². The Morgan fingerprint density at radius 3 is 2.77 bits per heavy atom. The van der Waals surface area contributed by atoms with Gasteiger partial charge in [0.15, 0.2) is 0 Å². The number of pyridine rings is 1. The molecule has 1 aromatic carbocycles. The first-order chi connectivity index (χ1) is 12.5. The molecule has 3 rings (SSSR count). The van der Waals surface area contributed by atoms with Crippen LogP contribution in [0.2, 0.25) is 0 Å². The maximum atomic E-state index is 10.3. The minimum Gasteiger partial charge on any atom is -0.506 e. The molecule has 0 aliphatic carbocycles. The van der Waals surface area contributed by atoms with Gasteiger partial charge in [-0.3, -0.25) is 4.98 Å². The van der Waals surface area contributed by atoms with Crippen molar-refractivity contribution in [1.29, 1.82) is 0 Å². The summed E-state index contributed by atoms with van der Waals surface area (Å²) in [7, 11) is 1.97. The second-order valence-corrected chi connectivity index (χ2v) is 7.17. The molecule has 5 nitrogen and oxygen atoms in total. The number of fused-ring (bicyclic) bond motifs is 1. The number of allylic oxidation sites excluding steroid dienone is 2. The van der Waals surface area contributed by atoms with E-state index in [1.165, 1.54) is 5.57 Å². The number of aromatic hydroxyl groups is 1. The van der Waals surface area contributed by atoms with E-state index < -0.39 is 0 Å². The average Bonchev–Trinajstić information content (AvgIpc) is 2.92. The molecular weight excluding hydrogens is 392 g/mol. The van der Waals surface area contributed by atoms with Gasteiger partial charge in [-0.2, -0.15) is 0 Å². The Kier molecular flexibility index (Phi) is 5.32. The summed E-state index contributed by atoms with van der Waals surface area (Å²) in [5, 5.41) is 13.6. The number of halogens is 1. The van der Waals surface area contributed by atoms with Gasteiger partial charge in [-0.05, 0) is 49.1 Å². The lowest BCUT2D eigenvalue weighted by atomic mass is 10.1. The lowest BCUT2D eigenvalue weighted by Crippen LogP contribution is -2.02. The highest BCUT2D eigenvalue weighted by Gasteiger charge is 2.16. The highest BCUT2D eigenvalue weighted by molar-refractivity contribution is 9.10. The van der Waals surface area contributed by atoms with Crippen molar-refractivity contribution in [3.05, 3.63) is 46.2 Å². The number of rotatable bonds is 5. The SMILES string of the molecule is CC/C=C(\CC)c1nccc2nc(Nc3c(C)cc(Br)cc3O)n(C)c12. The second-order valence-electron chi connectivity index (χ2n) is 6.25. The zero-order valence-corrected chi connectivity index (χ0v) is 17.1. The number of anilines is 2. The lowest BCUT2D eigenvalue weighted by Gasteiger charge is -2.12. The molecule has 0 aliphatic heterocycles. The highest BCUT2D eigenvalue weighted by atomic mass is 79.9. The van der Waals surface area contributed by atoms with Gasteiger partial charge in [0.25, 0.3) is 0 Å². The van der Waals surface area contributed by atoms with Crippen molar-refractivity contribution in [1.82, 2.24) is 14.5 Å². The number of hydrogen-bond acceptors (Lipinski definition) is 4. The molecule has 0 amide bonds. The Morgan fingerprint density at radius 2 is 2.12 bits per heavy atom. The summed E-state index contributed by atoms with van der Waals surface area (Å²) >= 11 is 3.40. The number of nitrogens with zero attached hydrogens (tertiary/aromatic N) is 3. The van der Waals surface area contributed by atoms with Gasteiger partial charge in [-0.1, -0.05) is 35.9 Å². The molecule has 136 valence electrons. The number of phenolic OH excluding ortho intramolecular Hbond substituents is 1. The van der Waals surface area contributed by atoms with Gasteiger partial charge in [-0.15, -0.1) is 0 Å². The molecule has 0 aliphatic rings. The summed E-state index contributed by atoms with van der Waals surface area (Å²) in [6.07, 6.45) is 5.90. The van der Waals surface area contributed by atoms with Gasteiger partial charge in [0, 0.05) is 17.7 Å². The van der Waals surface area contributed by atoms with Crippen LogP contribution in [0.3, 0.4) is 0 Å². The maximum absolute atomic E-state index is 10.3. The number of phenols is 1. The second kappa shape index (κ2) is 7.50. The van der Waals surface area contributed by atoms with E-state index in [0.717, 1.165) is 39.6 Å². The molecule has 0 saturated heterocycles. The van der Waals surface area contributed by atoms with Crippen LogP contribution >= 0.6 is 15.9 Å². The van der Waals surface area contributed by atoms with Gasteiger partial charge < -0.3 is 15.0 Å². The van der Waals surface area contributed by atoms with Crippen LogP contribution in [-0.4, -0.2) is 19.6 Å². The molecule has 2 N–H and O–H groups in total. The predicted octanol–water partition coefficient (Wildman–Crippen LogP) is 5.69. The van der Waals surface area contributed by atoms with Crippen LogP contribution in [0.5, 0.6) is 5.75 Å². The number of aryl methyl sites for hydroxylation is 2. The molecule has 2 aromatic heterocycles. The van der Waals surface area contributed by atoms with E-state index in [9.17, 15) is 5.11 Å². The number of imidazole rings is 1. The standard InChI is InChI=1S/C20H23BrN4O/c1-5-7-13(6-2)18-19-15(8-9-22-18)23-20(25(19)4)24-17-12(3)10-14(21)11-16(17)26/h7-11,26H,5-6H2,1-4H3,(H,23,24)/b13-7+. The fourth-order valence-electron chi connectivity index (χ4n) is 3.16. The van der Waals surface area contributed by atoms with Gasteiger partial charge >= 0.3 is 0 Å². The van der Waals surface area contributed by atoms with E-state index in [1.807, 2.05) is 30.7 Å². The Morgan fingerprint density at radius 1 is 1.35 bits per heavy atom. The zero-order chi connectivity index (χ0) is 18.8. The third-order valence-corrected chi connectivity index (χ3v) is 4.89. The molecule has 0 bridgehead atoms. The first kappa shape index (κ1) is 18.5. The Balaban J connectivity index is 2.13. The van der Waals surface area contributed by atoms with Gasteiger partial charge in [0.1, 0.15) is 5.75 Å². The molecule has 3 aromatic rings. The molecular formula is C20H23BrN4O. The van der Waals surface area contributed by atoms with E-state index in [0.29, 0.717) is 11.6 Å². The minimum absolute atomic E-state index is 0.183. The fourth-order valence-corrected chi connectivity index (χ4v) is 3.72. The summed E-state index contributed by atoms with van der Waals surface area (Å²) in [6.45, 7) is 6.22. The van der Waals surface area contributed by atoms with Crippen LogP contribution in [0.15, 0.2) is 34.9 Å². The molecule has 2 heterocycles. The smallest absolute Gasteiger partial charge is 0.208 e. The lowest BCUT2D eigenvalue weighted by molar-refractivity contribution is 0.477. The quantitative estimate of drug-likeness (QED) is 0.526. The first-order valence-corrected chi connectivity index (χ1v) is 9.52. The molecule has 0 unspecified atom stereocenters. The number of benzene rings is 1. The van der Waals surface area contributed by atoms with Crippen LogP contribution in [0.1, 0.15) is 37.9 Å². The van der Waals surface area contributed by atoms with Gasteiger partial charge in [0.05, 0.1) is 22.4 Å². The maximum Gasteiger partial charge on any atom is 0.208 e. The third-order valence-electron chi connectivity index (χ3n) is 4.43. The first-order valence-electron chi connectivity index (χ1n) is 8.73. The number of aromatic nitrogens is 3. The zero-order valence-electron chi connectivity index (χ0n) is 15.5. The summed E-state index contributed by atoms with van der Waals surface area (Å²) in [5.74, 6) is 0.851. The van der Waals surface area contributed by atoms with Crippen LogP contribution in [0, 0.1) is 6.92 Å². The van der Waals surface area contributed by atoms with Crippen molar-refractivity contribution in [3.8, 4) is 5.75 Å². The molecule has 0 atom stereocenters. The Hall–Kier alpha value is -2.34. The molecule has 0 saturated carbocycles. The van der Waals surface area contributed by atoms with Crippen LogP contribution in [0.25, 0.3) is 16.6 Å². The van der Waals surface area contributed by atoms with E-state index in [-0.39, 0.29) is 5.75 Å². The topological polar surface area (TPSA) is 63.0 Å². The summed E-state index contributed by atoms with van der Waals surface area (Å²) in [5.41, 5.74) is 5.64. The van der Waals surface area contributed by atoms with Crippen molar-refractivity contribution in [2.24, 2.45) is 7.05 Å². The molecule has 0 spiro atoms. The van der Waals surface area contributed by atoms with E-state index in [1.54, 1.807) is 12.3 Å². The van der Waals surface area contributed by atoms with E-state index in [2.05, 4.69) is 46.2 Å². The van der Waals surface area contributed by atoms with E-state index >= 15 is 0 Å². The normalized spacial score (nSPS) is 12.0. The summed E-state index contributed by atoms with van der Waals surface area (Å²) < 4.78 is 2.84. The number of nitrogens with one attached hydrogen (secondary N) is 1. The highest BCUT2D eigenvalue weighted by Crippen LogP contribution is 2.34. The molecule has 6 heteroatoms. The molecule has 0 fully saturated rings. The van der Waals surface area contributed by atoms with Gasteiger partial charge in [0.2, 0.25) is 5.95 Å². The minimum atomic E-state index is 0.183. The van der Waals surface area contributed by atoms with Gasteiger partial charge in [-0.25, -0.2) is 4.98 Å². The number of hydrogen-bond donors (Lipinski definition) is 2. The van der Waals surface area contributed by atoms with E-state index in [4.69, 9.17) is 4.98 Å². The third kappa shape index (κ3) is 3.33. The van der Waals surface area contributed by atoms with Crippen molar-refractivity contribution in [3.63, 3.8) is 0 Å². The van der Waals surface area contributed by atoms with Crippen LogP contribution in [0.4, 0.5) is 11.6 Å². The van der Waals surface area contributed by atoms with Crippen molar-refractivity contribution >= 4 is 44.2 Å². The average molecular weight is 415 g/mol. The molecule has 26 heavy (non-hydrogen) atoms. The summed E-state index contributed by atoms with van der Waals surface area (Å²) in [6, 6.07) is 5.54. The Bertz CT molecular complexity index is 968. The van der Waals surface area contributed by atoms with Crippen molar-refractivity contribution in [2.75, 3.05) is 5.32 Å². The van der Waals surface area contributed by atoms with Crippen LogP contribution in [-0.2, 0) is 7.05 Å². The fraction of sp³-hybridized carbons (Fsp3) is 0.300. The summed E-state index contributed by atoms with van der Waals surface area (Å²) in [4.78, 5) is 9.32.